The molecule has 3 aromatic rings. The Hall–Kier alpha value is -2.33. The molecule has 0 N–H and O–H groups in total. The molecular formula is C16H12ClFN2O. The predicted octanol–water partition coefficient (Wildman–Crippen LogP) is 4.24. The van der Waals surface area contributed by atoms with Crippen LogP contribution in [-0.4, -0.2) is 9.78 Å². The van der Waals surface area contributed by atoms with Crippen LogP contribution >= 0.6 is 11.6 Å². The first-order valence-electron chi connectivity index (χ1n) is 6.40. The molecule has 0 atom stereocenters. The molecule has 0 amide bonds. The van der Waals surface area contributed by atoms with Crippen LogP contribution in [0.5, 0.6) is 5.75 Å². The third-order valence-electron chi connectivity index (χ3n) is 2.97. The van der Waals surface area contributed by atoms with E-state index in [1.807, 2.05) is 30.3 Å². The van der Waals surface area contributed by atoms with E-state index in [9.17, 15) is 4.39 Å². The summed E-state index contributed by atoms with van der Waals surface area (Å²) in [7, 11) is 0. The van der Waals surface area contributed by atoms with Crippen LogP contribution in [0.1, 0.15) is 5.56 Å². The maximum absolute atomic E-state index is 13.2. The predicted molar refractivity (Wildman–Crippen MR) is 79.3 cm³/mol. The number of halogens is 2. The highest BCUT2D eigenvalue weighted by molar-refractivity contribution is 6.31. The van der Waals surface area contributed by atoms with Gasteiger partial charge in [0.1, 0.15) is 12.4 Å². The fourth-order valence-electron chi connectivity index (χ4n) is 1.94. The molecule has 3 rings (SSSR count). The normalized spacial score (nSPS) is 10.6. The Morgan fingerprint density at radius 3 is 2.67 bits per heavy atom. The first-order chi connectivity index (χ1) is 10.2. The van der Waals surface area contributed by atoms with Crippen molar-refractivity contribution >= 4 is 11.6 Å². The summed E-state index contributed by atoms with van der Waals surface area (Å²) < 4.78 is 20.3. The van der Waals surface area contributed by atoms with Gasteiger partial charge in [-0.05, 0) is 23.8 Å². The van der Waals surface area contributed by atoms with Crippen molar-refractivity contribution < 1.29 is 9.13 Å². The van der Waals surface area contributed by atoms with Crippen molar-refractivity contribution in [2.45, 2.75) is 6.61 Å². The van der Waals surface area contributed by atoms with Crippen molar-refractivity contribution in [3.05, 3.63) is 77.3 Å². The number of ether oxygens (including phenoxy) is 1. The van der Waals surface area contributed by atoms with Gasteiger partial charge >= 0.3 is 0 Å². The maximum atomic E-state index is 13.2. The summed E-state index contributed by atoms with van der Waals surface area (Å²) in [6.07, 6.45) is 1.52. The summed E-state index contributed by atoms with van der Waals surface area (Å²) in [6.45, 7) is 0.398. The molecular weight excluding hydrogens is 291 g/mol. The van der Waals surface area contributed by atoms with Crippen molar-refractivity contribution in [1.29, 1.82) is 0 Å². The van der Waals surface area contributed by atoms with Crippen LogP contribution in [0.25, 0.3) is 5.69 Å². The van der Waals surface area contributed by atoms with Crippen LogP contribution in [0.4, 0.5) is 4.39 Å². The van der Waals surface area contributed by atoms with Crippen molar-refractivity contribution in [3.63, 3.8) is 0 Å². The zero-order valence-electron chi connectivity index (χ0n) is 11.0. The molecule has 0 aliphatic heterocycles. The highest BCUT2D eigenvalue weighted by Gasteiger charge is 2.11. The van der Waals surface area contributed by atoms with Crippen LogP contribution < -0.4 is 4.74 Å². The van der Waals surface area contributed by atoms with Gasteiger partial charge in [-0.1, -0.05) is 48.0 Å². The summed E-state index contributed by atoms with van der Waals surface area (Å²) in [5, 5.41) is 4.45. The second kappa shape index (κ2) is 5.97. The Morgan fingerprint density at radius 1 is 1.10 bits per heavy atom. The molecule has 3 nitrogen and oxygen atoms in total. The first-order valence-corrected chi connectivity index (χ1v) is 6.78. The van der Waals surface area contributed by atoms with Gasteiger partial charge in [0.15, 0.2) is 10.9 Å². The Bertz CT molecular complexity index is 743. The lowest BCUT2D eigenvalue weighted by Gasteiger charge is -2.06. The SMILES string of the molecule is Fc1cccc(-n2ncc(OCc3ccccc3)c2Cl)c1. The van der Waals surface area contributed by atoms with Gasteiger partial charge in [0, 0.05) is 0 Å². The van der Waals surface area contributed by atoms with Gasteiger partial charge in [-0.3, -0.25) is 0 Å². The molecule has 0 saturated carbocycles. The van der Waals surface area contributed by atoms with Crippen LogP contribution in [0.3, 0.4) is 0 Å². The molecule has 1 heterocycles. The number of hydrogen-bond donors (Lipinski definition) is 0. The number of nitrogens with zero attached hydrogens (tertiary/aromatic N) is 2. The molecule has 106 valence electrons. The molecule has 0 aliphatic rings. The highest BCUT2D eigenvalue weighted by Crippen LogP contribution is 2.27. The number of hydrogen-bond acceptors (Lipinski definition) is 2. The molecule has 2 aromatic carbocycles. The Morgan fingerprint density at radius 2 is 1.90 bits per heavy atom. The minimum atomic E-state index is -0.342. The second-order valence-corrected chi connectivity index (χ2v) is 4.82. The molecule has 21 heavy (non-hydrogen) atoms. The van der Waals surface area contributed by atoms with Gasteiger partial charge in [-0.2, -0.15) is 5.10 Å². The average Bonchev–Trinajstić information content (AvgIpc) is 2.87. The zero-order chi connectivity index (χ0) is 14.7. The quantitative estimate of drug-likeness (QED) is 0.720. The highest BCUT2D eigenvalue weighted by atomic mass is 35.5. The first kappa shape index (κ1) is 13.6. The molecule has 5 heteroatoms. The molecule has 0 unspecified atom stereocenters. The van der Waals surface area contributed by atoms with Gasteiger partial charge in [0.05, 0.1) is 11.9 Å². The lowest BCUT2D eigenvalue weighted by atomic mass is 10.2. The van der Waals surface area contributed by atoms with E-state index in [-0.39, 0.29) is 5.82 Å². The van der Waals surface area contributed by atoms with Crippen LogP contribution in [0, 0.1) is 5.82 Å². The smallest absolute Gasteiger partial charge is 0.177 e. The van der Waals surface area contributed by atoms with E-state index in [1.165, 1.54) is 23.0 Å². The van der Waals surface area contributed by atoms with Gasteiger partial charge in [0.2, 0.25) is 0 Å². The van der Waals surface area contributed by atoms with Crippen molar-refractivity contribution in [2.75, 3.05) is 0 Å². The van der Waals surface area contributed by atoms with Crippen LogP contribution in [-0.2, 0) is 6.61 Å². The molecule has 0 fully saturated rings. The molecule has 0 radical (unpaired) electrons. The van der Waals surface area contributed by atoms with E-state index < -0.39 is 0 Å². The van der Waals surface area contributed by atoms with E-state index in [2.05, 4.69) is 5.10 Å². The number of benzene rings is 2. The molecule has 0 spiro atoms. The largest absolute Gasteiger partial charge is 0.484 e. The summed E-state index contributed by atoms with van der Waals surface area (Å²) in [4.78, 5) is 0. The minimum absolute atomic E-state index is 0.316. The number of aromatic nitrogens is 2. The third-order valence-corrected chi connectivity index (χ3v) is 3.32. The van der Waals surface area contributed by atoms with E-state index in [4.69, 9.17) is 16.3 Å². The third kappa shape index (κ3) is 3.06. The van der Waals surface area contributed by atoms with Crippen LogP contribution in [0.2, 0.25) is 5.15 Å². The van der Waals surface area contributed by atoms with Gasteiger partial charge in [0.25, 0.3) is 0 Å². The van der Waals surface area contributed by atoms with Crippen LogP contribution in [0.15, 0.2) is 60.8 Å². The van der Waals surface area contributed by atoms with E-state index in [0.29, 0.717) is 23.2 Å². The summed E-state index contributed by atoms with van der Waals surface area (Å²) >= 11 is 6.23. The number of rotatable bonds is 4. The van der Waals surface area contributed by atoms with Gasteiger partial charge < -0.3 is 4.74 Å². The zero-order valence-corrected chi connectivity index (χ0v) is 11.8. The fraction of sp³-hybridized carbons (Fsp3) is 0.0625. The standard InChI is InChI=1S/C16H12ClFN2O/c17-16-15(21-11-12-5-2-1-3-6-12)10-19-20(16)14-8-4-7-13(18)9-14/h1-10H,11H2. The molecule has 0 saturated heterocycles. The minimum Gasteiger partial charge on any atom is -0.484 e. The van der Waals surface area contributed by atoms with Crippen molar-refractivity contribution in [1.82, 2.24) is 9.78 Å². The summed E-state index contributed by atoms with van der Waals surface area (Å²) in [5.41, 5.74) is 1.58. The molecule has 0 aliphatic carbocycles. The molecule has 0 bridgehead atoms. The molecule has 1 aromatic heterocycles. The van der Waals surface area contributed by atoms with Gasteiger partial charge in [-0.25, -0.2) is 9.07 Å². The topological polar surface area (TPSA) is 27.1 Å². The van der Waals surface area contributed by atoms with E-state index in [1.54, 1.807) is 12.1 Å². The monoisotopic (exact) mass is 302 g/mol. The van der Waals surface area contributed by atoms with E-state index in [0.717, 1.165) is 5.56 Å². The van der Waals surface area contributed by atoms with Crippen molar-refractivity contribution in [2.24, 2.45) is 0 Å². The van der Waals surface area contributed by atoms with Gasteiger partial charge in [-0.15, -0.1) is 0 Å². The Labute approximate surface area is 126 Å². The van der Waals surface area contributed by atoms with E-state index >= 15 is 0 Å². The lowest BCUT2D eigenvalue weighted by molar-refractivity contribution is 0.306. The summed E-state index contributed by atoms with van der Waals surface area (Å²) in [5.74, 6) is 0.121. The van der Waals surface area contributed by atoms with Crippen molar-refractivity contribution in [3.8, 4) is 11.4 Å². The second-order valence-electron chi connectivity index (χ2n) is 4.47. The lowest BCUT2D eigenvalue weighted by Crippen LogP contribution is -1.98. The maximum Gasteiger partial charge on any atom is 0.177 e. The average molecular weight is 303 g/mol. The summed E-state index contributed by atoms with van der Waals surface area (Å²) in [6, 6.07) is 15.8. The fourth-order valence-corrected chi connectivity index (χ4v) is 2.18. The Balaban J connectivity index is 1.80. The Kier molecular flexibility index (Phi) is 3.88.